The summed E-state index contributed by atoms with van der Waals surface area (Å²) in [5.41, 5.74) is 0.848. The lowest BCUT2D eigenvalue weighted by molar-refractivity contribution is -0.142. The second-order valence-electron chi connectivity index (χ2n) is 3.75. The van der Waals surface area contributed by atoms with Gasteiger partial charge in [-0.15, -0.1) is 11.6 Å². The summed E-state index contributed by atoms with van der Waals surface area (Å²) < 4.78 is 0. The van der Waals surface area contributed by atoms with Gasteiger partial charge in [-0.3, -0.25) is 14.6 Å². The molecule has 2 amide bonds. The van der Waals surface area contributed by atoms with Crippen molar-refractivity contribution in [2.45, 2.75) is 12.8 Å². The van der Waals surface area contributed by atoms with Gasteiger partial charge in [0.15, 0.2) is 0 Å². The summed E-state index contributed by atoms with van der Waals surface area (Å²) in [5.74, 6) is -0.180. The van der Waals surface area contributed by atoms with E-state index in [1.165, 1.54) is 5.01 Å². The van der Waals surface area contributed by atoms with Crippen molar-refractivity contribution in [2.24, 2.45) is 0 Å². The Morgan fingerprint density at radius 2 is 2.00 bits per heavy atom. The maximum Gasteiger partial charge on any atom is 0.250 e. The van der Waals surface area contributed by atoms with E-state index in [1.807, 2.05) is 30.3 Å². The van der Waals surface area contributed by atoms with Crippen LogP contribution in [0.25, 0.3) is 0 Å². The third-order valence-corrected chi connectivity index (χ3v) is 2.80. The highest BCUT2D eigenvalue weighted by Gasteiger charge is 2.33. The molecule has 1 aliphatic rings. The third kappa shape index (κ3) is 2.42. The molecule has 1 saturated heterocycles. The second-order valence-corrected chi connectivity index (χ2v) is 4.12. The Labute approximate surface area is 105 Å². The Hall–Kier alpha value is -1.55. The number of carbonyl (C=O) groups excluding carboxylic acids is 2. The normalized spacial score (nSPS) is 15.5. The summed E-state index contributed by atoms with van der Waals surface area (Å²) in [6, 6.07) is 9.40. The molecule has 0 aliphatic carbocycles. The summed E-state index contributed by atoms with van der Waals surface area (Å²) in [5, 5.41) is 2.91. The number of anilines is 1. The first-order valence-corrected chi connectivity index (χ1v) is 6.01. The van der Waals surface area contributed by atoms with Crippen LogP contribution in [-0.4, -0.2) is 29.2 Å². The van der Waals surface area contributed by atoms with Crippen LogP contribution < -0.4 is 5.01 Å². The fourth-order valence-corrected chi connectivity index (χ4v) is 2.01. The number of nitrogens with zero attached hydrogens (tertiary/aromatic N) is 2. The van der Waals surface area contributed by atoms with Crippen molar-refractivity contribution >= 4 is 29.1 Å². The number of hydrogen-bond acceptors (Lipinski definition) is 3. The van der Waals surface area contributed by atoms with Crippen LogP contribution in [0.3, 0.4) is 0 Å². The number of para-hydroxylation sites is 1. The molecule has 5 heteroatoms. The van der Waals surface area contributed by atoms with Crippen LogP contribution in [0, 0.1) is 0 Å². The highest BCUT2D eigenvalue weighted by Crippen LogP contribution is 2.22. The molecule has 1 fully saturated rings. The molecule has 0 spiro atoms. The second kappa shape index (κ2) is 5.19. The van der Waals surface area contributed by atoms with Crippen molar-refractivity contribution in [3.05, 3.63) is 30.3 Å². The molecule has 1 aromatic rings. The molecule has 0 N–H and O–H groups in total. The van der Waals surface area contributed by atoms with Gasteiger partial charge < -0.3 is 0 Å². The highest BCUT2D eigenvalue weighted by molar-refractivity contribution is 6.19. The molecule has 0 aromatic heterocycles. The maximum atomic E-state index is 11.8. The number of rotatable bonds is 3. The van der Waals surface area contributed by atoms with Crippen molar-refractivity contribution in [3.63, 3.8) is 0 Å². The minimum absolute atomic E-state index is 0.163. The molecule has 1 aromatic carbocycles. The average molecular weight is 253 g/mol. The molecular weight excluding hydrogens is 240 g/mol. The van der Waals surface area contributed by atoms with E-state index in [0.29, 0.717) is 13.0 Å². The van der Waals surface area contributed by atoms with Crippen molar-refractivity contribution in [1.82, 2.24) is 5.01 Å². The van der Waals surface area contributed by atoms with Gasteiger partial charge >= 0.3 is 0 Å². The van der Waals surface area contributed by atoms with E-state index in [0.717, 1.165) is 5.69 Å². The number of alkyl halides is 1. The SMILES string of the molecule is O=C(CCCl)N1C(=O)CCN1c1ccccc1. The first-order valence-electron chi connectivity index (χ1n) is 5.48. The molecule has 90 valence electrons. The lowest BCUT2D eigenvalue weighted by atomic mass is 10.3. The smallest absolute Gasteiger partial charge is 0.250 e. The van der Waals surface area contributed by atoms with Gasteiger partial charge in [-0.1, -0.05) is 18.2 Å². The number of benzene rings is 1. The molecule has 0 saturated carbocycles. The van der Waals surface area contributed by atoms with E-state index in [4.69, 9.17) is 11.6 Å². The number of hydrogen-bond donors (Lipinski definition) is 0. The Morgan fingerprint density at radius 3 is 2.65 bits per heavy atom. The average Bonchev–Trinajstić information content (AvgIpc) is 2.73. The fourth-order valence-electron chi connectivity index (χ4n) is 1.85. The molecule has 0 radical (unpaired) electrons. The molecule has 0 atom stereocenters. The first-order chi connectivity index (χ1) is 8.24. The Balaban J connectivity index is 2.22. The molecule has 0 unspecified atom stereocenters. The zero-order chi connectivity index (χ0) is 12.3. The quantitative estimate of drug-likeness (QED) is 0.771. The van der Waals surface area contributed by atoms with Crippen LogP contribution in [0.15, 0.2) is 30.3 Å². The number of amides is 2. The minimum atomic E-state index is -0.244. The van der Waals surface area contributed by atoms with E-state index >= 15 is 0 Å². The summed E-state index contributed by atoms with van der Waals surface area (Å²) in [6.45, 7) is 0.539. The first kappa shape index (κ1) is 11.9. The van der Waals surface area contributed by atoms with E-state index < -0.39 is 0 Å². The molecule has 4 nitrogen and oxygen atoms in total. The van der Waals surface area contributed by atoms with Crippen LogP contribution in [-0.2, 0) is 9.59 Å². The number of imide groups is 1. The minimum Gasteiger partial charge on any atom is -0.275 e. The molecule has 17 heavy (non-hydrogen) atoms. The lowest BCUT2D eigenvalue weighted by Crippen LogP contribution is -2.43. The van der Waals surface area contributed by atoms with E-state index in [1.54, 1.807) is 5.01 Å². The monoisotopic (exact) mass is 252 g/mol. The van der Waals surface area contributed by atoms with Crippen LogP contribution in [0.5, 0.6) is 0 Å². The molecule has 2 rings (SSSR count). The van der Waals surface area contributed by atoms with Crippen LogP contribution >= 0.6 is 11.6 Å². The molecule has 1 heterocycles. The number of halogens is 1. The standard InChI is InChI=1S/C12H13ClN2O2/c13-8-6-11(16)15-12(17)7-9-14(15)10-4-2-1-3-5-10/h1-5H,6-9H2. The largest absolute Gasteiger partial charge is 0.275 e. The van der Waals surface area contributed by atoms with Gasteiger partial charge in [-0.25, -0.2) is 0 Å². The van der Waals surface area contributed by atoms with E-state index in [-0.39, 0.29) is 24.1 Å². The molecular formula is C12H13ClN2O2. The molecule has 0 bridgehead atoms. The van der Waals surface area contributed by atoms with Crippen LogP contribution in [0.2, 0.25) is 0 Å². The van der Waals surface area contributed by atoms with Crippen LogP contribution in [0.1, 0.15) is 12.8 Å². The number of hydrazine groups is 1. The molecule has 1 aliphatic heterocycles. The summed E-state index contributed by atoms with van der Waals surface area (Å²) in [7, 11) is 0. The van der Waals surface area contributed by atoms with Crippen molar-refractivity contribution in [2.75, 3.05) is 17.4 Å². The van der Waals surface area contributed by atoms with Gasteiger partial charge in [-0.2, -0.15) is 5.01 Å². The van der Waals surface area contributed by atoms with Gasteiger partial charge in [0.25, 0.3) is 0 Å². The van der Waals surface area contributed by atoms with Crippen molar-refractivity contribution < 1.29 is 9.59 Å². The van der Waals surface area contributed by atoms with Gasteiger partial charge in [-0.05, 0) is 12.1 Å². The predicted octanol–water partition coefficient (Wildman–Crippen LogP) is 1.80. The van der Waals surface area contributed by atoms with Crippen LogP contribution in [0.4, 0.5) is 5.69 Å². The highest BCUT2D eigenvalue weighted by atomic mass is 35.5. The lowest BCUT2D eigenvalue weighted by Gasteiger charge is -2.27. The topological polar surface area (TPSA) is 40.6 Å². The Kier molecular flexibility index (Phi) is 3.64. The van der Waals surface area contributed by atoms with Gasteiger partial charge in [0.05, 0.1) is 5.69 Å². The fraction of sp³-hybridized carbons (Fsp3) is 0.333. The Morgan fingerprint density at radius 1 is 1.29 bits per heavy atom. The number of carbonyl (C=O) groups is 2. The zero-order valence-electron chi connectivity index (χ0n) is 9.30. The zero-order valence-corrected chi connectivity index (χ0v) is 10.1. The third-order valence-electron chi connectivity index (χ3n) is 2.61. The maximum absolute atomic E-state index is 11.8. The summed E-state index contributed by atoms with van der Waals surface area (Å²) in [4.78, 5) is 23.5. The predicted molar refractivity (Wildman–Crippen MR) is 65.6 cm³/mol. The van der Waals surface area contributed by atoms with E-state index in [9.17, 15) is 9.59 Å². The Bertz CT molecular complexity index is 422. The van der Waals surface area contributed by atoms with Gasteiger partial charge in [0.2, 0.25) is 11.8 Å². The van der Waals surface area contributed by atoms with Gasteiger partial charge in [0, 0.05) is 25.3 Å². The summed E-state index contributed by atoms with van der Waals surface area (Å²) in [6.07, 6.45) is 0.541. The van der Waals surface area contributed by atoms with Gasteiger partial charge in [0.1, 0.15) is 0 Å². The summed E-state index contributed by atoms with van der Waals surface area (Å²) >= 11 is 5.54. The van der Waals surface area contributed by atoms with Crippen molar-refractivity contribution in [1.29, 1.82) is 0 Å². The van der Waals surface area contributed by atoms with Crippen molar-refractivity contribution in [3.8, 4) is 0 Å². The van der Waals surface area contributed by atoms with E-state index in [2.05, 4.69) is 0 Å².